The van der Waals surface area contributed by atoms with Gasteiger partial charge in [0.05, 0.1) is 17.3 Å². The quantitative estimate of drug-likeness (QED) is 0.836. The van der Waals surface area contributed by atoms with Crippen molar-refractivity contribution in [3.8, 4) is 0 Å². The van der Waals surface area contributed by atoms with Gasteiger partial charge < -0.3 is 10.6 Å². The van der Waals surface area contributed by atoms with Gasteiger partial charge in [0.25, 0.3) is 0 Å². The van der Waals surface area contributed by atoms with Gasteiger partial charge in [0.1, 0.15) is 0 Å². The molecule has 3 nitrogen and oxygen atoms in total. The number of rotatable bonds is 3. The molecule has 0 fully saturated rings. The van der Waals surface area contributed by atoms with Crippen LogP contribution in [0.1, 0.15) is 0 Å². The molecule has 0 bridgehead atoms. The first-order chi connectivity index (χ1) is 6.63. The number of benzene rings is 1. The van der Waals surface area contributed by atoms with Crippen molar-refractivity contribution in [2.24, 2.45) is 0 Å². The molecule has 0 aliphatic carbocycles. The molecule has 0 aromatic heterocycles. The molecular formula is C9H10ClIN2O. The first-order valence-corrected chi connectivity index (χ1v) is 5.48. The molecule has 1 aromatic carbocycles. The highest BCUT2D eigenvalue weighted by atomic mass is 127. The second-order valence-electron chi connectivity index (χ2n) is 2.65. The van der Waals surface area contributed by atoms with Crippen LogP contribution in [-0.2, 0) is 4.79 Å². The van der Waals surface area contributed by atoms with E-state index in [0.29, 0.717) is 5.02 Å². The predicted octanol–water partition coefficient (Wildman–Crippen LogP) is 2.10. The van der Waals surface area contributed by atoms with Crippen molar-refractivity contribution >= 4 is 45.8 Å². The second-order valence-corrected chi connectivity index (χ2v) is 4.30. The normalized spacial score (nSPS) is 9.64. The molecule has 5 heteroatoms. The standard InChI is InChI=1S/C9H10ClIN2O/c1-12-9(14)5-13-8-3-2-6(11)4-7(8)10/h2-4,13H,5H2,1H3,(H,12,14). The molecule has 0 saturated heterocycles. The van der Waals surface area contributed by atoms with Crippen LogP contribution in [-0.4, -0.2) is 19.5 Å². The van der Waals surface area contributed by atoms with Crippen LogP contribution in [0, 0.1) is 3.57 Å². The maximum Gasteiger partial charge on any atom is 0.239 e. The smallest absolute Gasteiger partial charge is 0.239 e. The van der Waals surface area contributed by atoms with Gasteiger partial charge in [0.15, 0.2) is 0 Å². The number of likely N-dealkylation sites (N-methyl/N-ethyl adjacent to an activating group) is 1. The molecule has 0 saturated carbocycles. The lowest BCUT2D eigenvalue weighted by Gasteiger charge is -2.07. The highest BCUT2D eigenvalue weighted by Gasteiger charge is 2.02. The fourth-order valence-electron chi connectivity index (χ4n) is 0.897. The van der Waals surface area contributed by atoms with Gasteiger partial charge in [-0.15, -0.1) is 0 Å². The van der Waals surface area contributed by atoms with Crippen molar-refractivity contribution in [1.82, 2.24) is 5.32 Å². The highest BCUT2D eigenvalue weighted by molar-refractivity contribution is 14.1. The summed E-state index contributed by atoms with van der Waals surface area (Å²) in [6.07, 6.45) is 0. The summed E-state index contributed by atoms with van der Waals surface area (Å²) in [6.45, 7) is 0.233. The monoisotopic (exact) mass is 324 g/mol. The van der Waals surface area contributed by atoms with Crippen molar-refractivity contribution in [3.63, 3.8) is 0 Å². The zero-order valence-electron chi connectivity index (χ0n) is 7.60. The van der Waals surface area contributed by atoms with Crippen LogP contribution in [0.2, 0.25) is 5.02 Å². The van der Waals surface area contributed by atoms with Crippen LogP contribution in [0.3, 0.4) is 0 Å². The molecule has 0 radical (unpaired) electrons. The Bertz CT molecular complexity index is 344. The highest BCUT2D eigenvalue weighted by Crippen LogP contribution is 2.23. The van der Waals surface area contributed by atoms with E-state index in [-0.39, 0.29) is 12.5 Å². The van der Waals surface area contributed by atoms with E-state index in [9.17, 15) is 4.79 Å². The van der Waals surface area contributed by atoms with Gasteiger partial charge >= 0.3 is 0 Å². The van der Waals surface area contributed by atoms with E-state index < -0.39 is 0 Å². The summed E-state index contributed by atoms with van der Waals surface area (Å²) in [6, 6.07) is 5.62. The Morgan fingerprint density at radius 1 is 1.57 bits per heavy atom. The molecule has 1 amide bonds. The molecule has 0 atom stereocenters. The lowest BCUT2D eigenvalue weighted by atomic mass is 10.3. The Morgan fingerprint density at radius 2 is 2.29 bits per heavy atom. The Hall–Kier alpha value is -0.490. The minimum absolute atomic E-state index is 0.0698. The van der Waals surface area contributed by atoms with E-state index in [4.69, 9.17) is 11.6 Å². The lowest BCUT2D eigenvalue weighted by Crippen LogP contribution is -2.26. The Morgan fingerprint density at radius 3 is 2.86 bits per heavy atom. The van der Waals surface area contributed by atoms with E-state index >= 15 is 0 Å². The summed E-state index contributed by atoms with van der Waals surface area (Å²) in [4.78, 5) is 10.9. The van der Waals surface area contributed by atoms with Gasteiger partial charge in [0.2, 0.25) is 5.91 Å². The summed E-state index contributed by atoms with van der Waals surface area (Å²) in [5, 5.41) is 6.09. The predicted molar refractivity (Wildman–Crippen MR) is 66.7 cm³/mol. The molecule has 1 rings (SSSR count). The van der Waals surface area contributed by atoms with Gasteiger partial charge in [0, 0.05) is 10.6 Å². The van der Waals surface area contributed by atoms with Crippen LogP contribution in [0.15, 0.2) is 18.2 Å². The molecule has 14 heavy (non-hydrogen) atoms. The zero-order chi connectivity index (χ0) is 10.6. The first-order valence-electron chi connectivity index (χ1n) is 4.03. The molecule has 0 spiro atoms. The van der Waals surface area contributed by atoms with Crippen LogP contribution in [0.4, 0.5) is 5.69 Å². The SMILES string of the molecule is CNC(=O)CNc1ccc(I)cc1Cl. The Labute approximate surface area is 101 Å². The fourth-order valence-corrected chi connectivity index (χ4v) is 1.82. The van der Waals surface area contributed by atoms with Crippen molar-refractivity contribution in [2.45, 2.75) is 0 Å². The molecule has 0 aliphatic heterocycles. The van der Waals surface area contributed by atoms with Gasteiger partial charge in [-0.25, -0.2) is 0 Å². The first kappa shape index (κ1) is 11.6. The van der Waals surface area contributed by atoms with Crippen molar-refractivity contribution in [2.75, 3.05) is 18.9 Å². The molecule has 1 aromatic rings. The van der Waals surface area contributed by atoms with E-state index in [0.717, 1.165) is 9.26 Å². The third kappa shape index (κ3) is 3.34. The van der Waals surface area contributed by atoms with Crippen LogP contribution < -0.4 is 10.6 Å². The van der Waals surface area contributed by atoms with E-state index in [1.165, 1.54) is 0 Å². The fraction of sp³-hybridized carbons (Fsp3) is 0.222. The van der Waals surface area contributed by atoms with E-state index in [1.807, 2.05) is 18.2 Å². The number of hydrogen-bond donors (Lipinski definition) is 2. The van der Waals surface area contributed by atoms with Crippen molar-refractivity contribution < 1.29 is 4.79 Å². The topological polar surface area (TPSA) is 41.1 Å². The molecular weight excluding hydrogens is 314 g/mol. The molecule has 0 unspecified atom stereocenters. The zero-order valence-corrected chi connectivity index (χ0v) is 10.5. The molecule has 76 valence electrons. The summed E-state index contributed by atoms with van der Waals surface area (Å²) >= 11 is 8.14. The van der Waals surface area contributed by atoms with E-state index in [2.05, 4.69) is 33.2 Å². The number of hydrogen-bond acceptors (Lipinski definition) is 2. The van der Waals surface area contributed by atoms with Crippen LogP contribution >= 0.6 is 34.2 Å². The van der Waals surface area contributed by atoms with Gasteiger partial charge in [-0.1, -0.05) is 11.6 Å². The van der Waals surface area contributed by atoms with Crippen molar-refractivity contribution in [1.29, 1.82) is 0 Å². The molecule has 0 heterocycles. The number of halogens is 2. The second kappa shape index (κ2) is 5.41. The van der Waals surface area contributed by atoms with Crippen LogP contribution in [0.5, 0.6) is 0 Å². The number of carbonyl (C=O) groups is 1. The van der Waals surface area contributed by atoms with Gasteiger partial charge in [-0.05, 0) is 40.8 Å². The molecule has 0 aliphatic rings. The lowest BCUT2D eigenvalue weighted by molar-refractivity contribution is -0.118. The van der Waals surface area contributed by atoms with E-state index in [1.54, 1.807) is 7.05 Å². The summed E-state index contributed by atoms with van der Waals surface area (Å²) in [5.41, 5.74) is 0.774. The number of carbonyl (C=O) groups excluding carboxylic acids is 1. The third-order valence-corrected chi connectivity index (χ3v) is 2.63. The third-order valence-electron chi connectivity index (χ3n) is 1.65. The van der Waals surface area contributed by atoms with Gasteiger partial charge in [-0.3, -0.25) is 4.79 Å². The summed E-state index contributed by atoms with van der Waals surface area (Å²) in [5.74, 6) is -0.0698. The summed E-state index contributed by atoms with van der Waals surface area (Å²) < 4.78 is 1.07. The number of anilines is 1. The minimum atomic E-state index is -0.0698. The maximum atomic E-state index is 10.9. The average molecular weight is 325 g/mol. The van der Waals surface area contributed by atoms with Crippen molar-refractivity contribution in [3.05, 3.63) is 26.8 Å². The van der Waals surface area contributed by atoms with Gasteiger partial charge in [-0.2, -0.15) is 0 Å². The maximum absolute atomic E-state index is 10.9. The number of nitrogens with one attached hydrogen (secondary N) is 2. The number of amides is 1. The molecule has 2 N–H and O–H groups in total. The van der Waals surface area contributed by atoms with Crippen LogP contribution in [0.25, 0.3) is 0 Å². The summed E-state index contributed by atoms with van der Waals surface area (Å²) in [7, 11) is 1.60. The largest absolute Gasteiger partial charge is 0.375 e. The Kier molecular flexibility index (Phi) is 4.47. The average Bonchev–Trinajstić information content (AvgIpc) is 2.16. The Balaban J connectivity index is 2.63. The minimum Gasteiger partial charge on any atom is -0.375 e.